The van der Waals surface area contributed by atoms with Crippen LogP contribution in [0, 0.1) is 13.8 Å². The lowest BCUT2D eigenvalue weighted by Gasteiger charge is -2.21. The summed E-state index contributed by atoms with van der Waals surface area (Å²) in [5.41, 5.74) is 5.42. The first-order valence-electron chi connectivity index (χ1n) is 10.6. The fourth-order valence-electron chi connectivity index (χ4n) is 3.92. The first-order chi connectivity index (χ1) is 14.3. The van der Waals surface area contributed by atoms with Crippen LogP contribution in [0.15, 0.2) is 35.2 Å². The van der Waals surface area contributed by atoms with E-state index in [0.717, 1.165) is 53.9 Å². The van der Waals surface area contributed by atoms with E-state index >= 15 is 0 Å². The van der Waals surface area contributed by atoms with E-state index in [9.17, 15) is 9.59 Å². The Labute approximate surface area is 183 Å². The van der Waals surface area contributed by atoms with Crippen LogP contribution in [0.25, 0.3) is 11.8 Å². The Morgan fingerprint density at radius 1 is 1.07 bits per heavy atom. The van der Waals surface area contributed by atoms with Gasteiger partial charge in [-0.2, -0.15) is 0 Å². The molecular formula is C24H31N3O2S. The van der Waals surface area contributed by atoms with Gasteiger partial charge in [0.2, 0.25) is 0 Å². The molecule has 1 aromatic heterocycles. The molecule has 5 nitrogen and oxygen atoms in total. The zero-order valence-electron chi connectivity index (χ0n) is 18.7. The molecular weight excluding hydrogens is 394 g/mol. The maximum atomic E-state index is 12.8. The maximum Gasteiger partial charge on any atom is 0.293 e. The van der Waals surface area contributed by atoms with E-state index in [-0.39, 0.29) is 17.2 Å². The van der Waals surface area contributed by atoms with Gasteiger partial charge in [-0.05, 0) is 94.8 Å². The Morgan fingerprint density at radius 3 is 2.27 bits per heavy atom. The predicted molar refractivity (Wildman–Crippen MR) is 126 cm³/mol. The summed E-state index contributed by atoms with van der Waals surface area (Å²) in [6.45, 7) is 14.3. The number of carbonyl (C=O) groups excluding carboxylic acids is 2. The average molecular weight is 426 g/mol. The number of nitrogens with zero attached hydrogens (tertiary/aromatic N) is 3. The van der Waals surface area contributed by atoms with Crippen LogP contribution >= 0.6 is 11.8 Å². The van der Waals surface area contributed by atoms with Crippen LogP contribution in [0.5, 0.6) is 0 Å². The van der Waals surface area contributed by atoms with Crippen molar-refractivity contribution in [2.45, 2.75) is 54.0 Å². The largest absolute Gasteiger partial charge is 0.372 e. The quantitative estimate of drug-likeness (QED) is 0.528. The van der Waals surface area contributed by atoms with Gasteiger partial charge in [0.05, 0.1) is 4.91 Å². The molecule has 0 aliphatic carbocycles. The van der Waals surface area contributed by atoms with Crippen LogP contribution in [0.1, 0.15) is 51.1 Å². The van der Waals surface area contributed by atoms with E-state index in [1.807, 2.05) is 19.9 Å². The number of anilines is 1. The van der Waals surface area contributed by atoms with Crippen LogP contribution in [0.3, 0.4) is 0 Å². The second-order valence-corrected chi connectivity index (χ2v) is 8.65. The van der Waals surface area contributed by atoms with Crippen LogP contribution in [0.4, 0.5) is 10.5 Å². The van der Waals surface area contributed by atoms with Gasteiger partial charge in [0.25, 0.3) is 11.1 Å². The third kappa shape index (κ3) is 4.06. The molecule has 3 rings (SSSR count). The molecule has 6 heteroatoms. The lowest BCUT2D eigenvalue weighted by Crippen LogP contribution is -2.36. The number of aromatic nitrogens is 1. The Kier molecular flexibility index (Phi) is 6.76. The lowest BCUT2D eigenvalue weighted by molar-refractivity contribution is -0.124. The topological polar surface area (TPSA) is 45.6 Å². The average Bonchev–Trinajstić information content (AvgIpc) is 3.17. The molecule has 2 amide bonds. The number of benzene rings is 1. The number of imide groups is 1. The minimum Gasteiger partial charge on any atom is -0.372 e. The minimum absolute atomic E-state index is 0.0832. The predicted octanol–water partition coefficient (Wildman–Crippen LogP) is 5.78. The Balaban J connectivity index is 1.92. The number of aryl methyl sites for hydroxylation is 1. The number of rotatable bonds is 7. The summed E-state index contributed by atoms with van der Waals surface area (Å²) in [7, 11) is 0. The van der Waals surface area contributed by atoms with Crippen molar-refractivity contribution in [2.24, 2.45) is 0 Å². The second-order valence-electron chi connectivity index (χ2n) is 7.66. The van der Waals surface area contributed by atoms with Crippen molar-refractivity contribution in [3.05, 3.63) is 52.2 Å². The molecule has 2 heterocycles. The number of hydrogen-bond donors (Lipinski definition) is 0. The van der Waals surface area contributed by atoms with Crippen molar-refractivity contribution >= 4 is 34.7 Å². The van der Waals surface area contributed by atoms with Crippen molar-refractivity contribution in [3.63, 3.8) is 0 Å². The van der Waals surface area contributed by atoms with Gasteiger partial charge in [0, 0.05) is 41.9 Å². The zero-order chi connectivity index (χ0) is 22.0. The van der Waals surface area contributed by atoms with Crippen LogP contribution in [0.2, 0.25) is 0 Å². The summed E-state index contributed by atoms with van der Waals surface area (Å²) in [6, 6.07) is 10.6. The molecule has 2 aromatic rings. The van der Waals surface area contributed by atoms with E-state index in [4.69, 9.17) is 0 Å². The van der Waals surface area contributed by atoms with Crippen LogP contribution in [-0.2, 0) is 4.79 Å². The molecule has 1 atom stereocenters. The number of thioether (sulfide) groups is 1. The summed E-state index contributed by atoms with van der Waals surface area (Å²) < 4.78 is 2.19. The highest BCUT2D eigenvalue weighted by Crippen LogP contribution is 2.35. The van der Waals surface area contributed by atoms with Crippen LogP contribution < -0.4 is 4.90 Å². The molecule has 1 fully saturated rings. The third-order valence-electron chi connectivity index (χ3n) is 5.85. The van der Waals surface area contributed by atoms with Gasteiger partial charge in [0.15, 0.2) is 0 Å². The number of carbonyl (C=O) groups is 2. The first kappa shape index (κ1) is 22.2. The van der Waals surface area contributed by atoms with Gasteiger partial charge in [-0.15, -0.1) is 0 Å². The highest BCUT2D eigenvalue weighted by molar-refractivity contribution is 8.18. The van der Waals surface area contributed by atoms with Crippen LogP contribution in [-0.4, -0.2) is 39.7 Å². The fraction of sp³-hybridized carbons (Fsp3) is 0.417. The molecule has 0 unspecified atom stereocenters. The highest BCUT2D eigenvalue weighted by Gasteiger charge is 2.37. The minimum atomic E-state index is -0.187. The maximum absolute atomic E-state index is 12.8. The van der Waals surface area contributed by atoms with Gasteiger partial charge in [-0.25, -0.2) is 0 Å². The molecule has 0 N–H and O–H groups in total. The smallest absolute Gasteiger partial charge is 0.293 e. The zero-order valence-corrected chi connectivity index (χ0v) is 19.5. The normalized spacial score (nSPS) is 16.6. The Hall–Kier alpha value is -2.47. The van der Waals surface area contributed by atoms with E-state index < -0.39 is 0 Å². The number of hydrogen-bond acceptors (Lipinski definition) is 4. The first-order valence-corrected chi connectivity index (χ1v) is 11.4. The van der Waals surface area contributed by atoms with Crippen molar-refractivity contribution in [1.82, 2.24) is 9.47 Å². The second kappa shape index (κ2) is 9.13. The molecule has 160 valence electrons. The van der Waals surface area contributed by atoms with Gasteiger partial charge in [-0.1, -0.05) is 6.92 Å². The molecule has 1 aliphatic heterocycles. The molecule has 1 saturated heterocycles. The van der Waals surface area contributed by atoms with E-state index in [1.54, 1.807) is 0 Å². The van der Waals surface area contributed by atoms with Crippen molar-refractivity contribution in [3.8, 4) is 5.69 Å². The van der Waals surface area contributed by atoms with E-state index in [1.165, 1.54) is 10.6 Å². The van der Waals surface area contributed by atoms with Crippen molar-refractivity contribution in [1.29, 1.82) is 0 Å². The summed E-state index contributed by atoms with van der Waals surface area (Å²) in [5.74, 6) is -0.187. The molecule has 30 heavy (non-hydrogen) atoms. The standard InChI is InChI=1S/C24H31N3O2S/c1-7-16(4)27-23(28)22(30-24(27)29)15-19-14-17(5)26(18(19)6)21-12-10-20(11-13-21)25(8-2)9-3/h10-16H,7-9H2,1-6H3/b22-15+/t16-/m1/s1. The lowest BCUT2D eigenvalue weighted by atomic mass is 10.2. The van der Waals surface area contributed by atoms with Crippen molar-refractivity contribution in [2.75, 3.05) is 18.0 Å². The van der Waals surface area contributed by atoms with E-state index in [2.05, 4.69) is 67.5 Å². The fourth-order valence-corrected chi connectivity index (χ4v) is 4.84. The number of amides is 2. The third-order valence-corrected chi connectivity index (χ3v) is 6.73. The highest BCUT2D eigenvalue weighted by atomic mass is 32.2. The molecule has 1 aliphatic rings. The summed E-state index contributed by atoms with van der Waals surface area (Å²) >= 11 is 1.03. The molecule has 0 radical (unpaired) electrons. The summed E-state index contributed by atoms with van der Waals surface area (Å²) in [4.78, 5) is 29.3. The Bertz CT molecular complexity index is 971. The molecule has 0 bridgehead atoms. The molecule has 1 aromatic carbocycles. The Morgan fingerprint density at radius 2 is 1.70 bits per heavy atom. The molecule has 0 spiro atoms. The van der Waals surface area contributed by atoms with Gasteiger partial charge < -0.3 is 9.47 Å². The van der Waals surface area contributed by atoms with Gasteiger partial charge in [-0.3, -0.25) is 14.5 Å². The van der Waals surface area contributed by atoms with Gasteiger partial charge in [0.1, 0.15) is 0 Å². The monoisotopic (exact) mass is 425 g/mol. The van der Waals surface area contributed by atoms with Gasteiger partial charge >= 0.3 is 0 Å². The SMILES string of the molecule is CC[C@@H](C)N1C(=O)S/C(=C/c2cc(C)n(-c3ccc(N(CC)CC)cc3)c2C)C1=O. The van der Waals surface area contributed by atoms with Crippen molar-refractivity contribution < 1.29 is 9.59 Å². The molecule has 0 saturated carbocycles. The summed E-state index contributed by atoms with van der Waals surface area (Å²) in [5, 5.41) is -0.179. The summed E-state index contributed by atoms with van der Waals surface area (Å²) in [6.07, 6.45) is 2.61. The van der Waals surface area contributed by atoms with E-state index in [0.29, 0.717) is 4.91 Å².